The molecule has 0 saturated carbocycles. The third-order valence-corrected chi connectivity index (χ3v) is 4.73. The quantitative estimate of drug-likeness (QED) is 0.869. The lowest BCUT2D eigenvalue weighted by atomic mass is 10.2. The van der Waals surface area contributed by atoms with Crippen molar-refractivity contribution in [2.75, 3.05) is 49.6 Å². The molecule has 4 rings (SSSR count). The smallest absolute Gasteiger partial charge is 0.227 e. The normalized spacial score (nSPS) is 21.1. The van der Waals surface area contributed by atoms with Crippen molar-refractivity contribution in [3.05, 3.63) is 42.1 Å². The van der Waals surface area contributed by atoms with Crippen molar-refractivity contribution in [2.24, 2.45) is 0 Å². The second kappa shape index (κ2) is 7.92. The van der Waals surface area contributed by atoms with Crippen molar-refractivity contribution >= 4 is 11.8 Å². The highest BCUT2D eigenvalue weighted by atomic mass is 19.1. The molecule has 2 aliphatic rings. The molecule has 2 aromatic heterocycles. The maximum absolute atomic E-state index is 13.3. The number of hydrogen-bond donors (Lipinski definition) is 1. The van der Waals surface area contributed by atoms with Gasteiger partial charge in [-0.1, -0.05) is 0 Å². The van der Waals surface area contributed by atoms with Crippen LogP contribution in [-0.4, -0.2) is 65.3 Å². The van der Waals surface area contributed by atoms with Gasteiger partial charge in [0, 0.05) is 51.2 Å². The van der Waals surface area contributed by atoms with Gasteiger partial charge in [0.2, 0.25) is 5.95 Å². The molecule has 4 heterocycles. The fraction of sp³-hybridized carbons (Fsp3) is 0.500. The maximum atomic E-state index is 13.3. The van der Waals surface area contributed by atoms with Gasteiger partial charge < -0.3 is 15.0 Å². The van der Waals surface area contributed by atoms with Gasteiger partial charge in [-0.05, 0) is 24.1 Å². The minimum atomic E-state index is -0.284. The van der Waals surface area contributed by atoms with Gasteiger partial charge in [-0.25, -0.2) is 9.37 Å². The zero-order chi connectivity index (χ0) is 17.8. The Kier molecular flexibility index (Phi) is 5.21. The first-order valence-corrected chi connectivity index (χ1v) is 9.00. The zero-order valence-corrected chi connectivity index (χ0v) is 14.6. The molecule has 0 radical (unpaired) electrons. The Morgan fingerprint density at radius 3 is 2.96 bits per heavy atom. The van der Waals surface area contributed by atoms with Crippen LogP contribution >= 0.6 is 0 Å². The minimum absolute atomic E-state index is 0.284. The SMILES string of the molecule is Fc1cncc(CN2CCC(Nc3ccnc(N4CCOCC4)n3)C2)c1. The molecule has 1 unspecified atom stereocenters. The second-order valence-electron chi connectivity index (χ2n) is 6.72. The highest BCUT2D eigenvalue weighted by Crippen LogP contribution is 2.18. The van der Waals surface area contributed by atoms with Gasteiger partial charge in [0.05, 0.1) is 19.4 Å². The van der Waals surface area contributed by atoms with E-state index in [2.05, 4.69) is 30.1 Å². The van der Waals surface area contributed by atoms with Gasteiger partial charge in [0.15, 0.2) is 0 Å². The van der Waals surface area contributed by atoms with Crippen LogP contribution < -0.4 is 10.2 Å². The lowest BCUT2D eigenvalue weighted by molar-refractivity contribution is 0.122. The molecule has 2 aromatic rings. The molecule has 0 bridgehead atoms. The van der Waals surface area contributed by atoms with Gasteiger partial charge >= 0.3 is 0 Å². The highest BCUT2D eigenvalue weighted by molar-refractivity contribution is 5.42. The molecule has 2 saturated heterocycles. The van der Waals surface area contributed by atoms with Crippen LogP contribution in [0.4, 0.5) is 16.2 Å². The molecule has 8 heteroatoms. The molecule has 0 amide bonds. The maximum Gasteiger partial charge on any atom is 0.227 e. The Morgan fingerprint density at radius 2 is 2.12 bits per heavy atom. The van der Waals surface area contributed by atoms with Crippen LogP contribution in [-0.2, 0) is 11.3 Å². The van der Waals surface area contributed by atoms with Gasteiger partial charge in [0.25, 0.3) is 0 Å². The molecular formula is C18H23FN6O. The number of nitrogens with zero attached hydrogens (tertiary/aromatic N) is 5. The summed E-state index contributed by atoms with van der Waals surface area (Å²) < 4.78 is 18.7. The number of likely N-dealkylation sites (tertiary alicyclic amines) is 1. The molecule has 26 heavy (non-hydrogen) atoms. The molecule has 0 spiro atoms. The second-order valence-corrected chi connectivity index (χ2v) is 6.72. The van der Waals surface area contributed by atoms with E-state index in [0.29, 0.717) is 25.8 Å². The number of hydrogen-bond acceptors (Lipinski definition) is 7. The first-order valence-electron chi connectivity index (χ1n) is 9.00. The predicted molar refractivity (Wildman–Crippen MR) is 96.6 cm³/mol. The number of pyridine rings is 1. The van der Waals surface area contributed by atoms with Crippen LogP contribution in [0.5, 0.6) is 0 Å². The van der Waals surface area contributed by atoms with E-state index in [1.54, 1.807) is 18.5 Å². The number of morpholine rings is 1. The van der Waals surface area contributed by atoms with Crippen LogP contribution in [0.25, 0.3) is 0 Å². The van der Waals surface area contributed by atoms with Gasteiger partial charge in [-0.3, -0.25) is 9.88 Å². The number of rotatable bonds is 5. The van der Waals surface area contributed by atoms with E-state index in [-0.39, 0.29) is 5.82 Å². The standard InChI is InChI=1S/C18H23FN6O/c19-15-9-14(10-20-11-15)12-24-4-2-16(13-24)22-17-1-3-21-18(23-17)25-5-7-26-8-6-25/h1,3,9-11,16H,2,4-8,12-13H2,(H,21,22,23). The Labute approximate surface area is 152 Å². The van der Waals surface area contributed by atoms with Crippen molar-refractivity contribution in [3.63, 3.8) is 0 Å². The van der Waals surface area contributed by atoms with E-state index >= 15 is 0 Å². The molecule has 1 atom stereocenters. The van der Waals surface area contributed by atoms with Crippen molar-refractivity contribution in [1.82, 2.24) is 19.9 Å². The Morgan fingerprint density at radius 1 is 1.23 bits per heavy atom. The molecule has 2 aliphatic heterocycles. The predicted octanol–water partition coefficient (Wildman–Crippen LogP) is 1.53. The molecule has 2 fully saturated rings. The summed E-state index contributed by atoms with van der Waals surface area (Å²) in [6.45, 7) is 5.65. The van der Waals surface area contributed by atoms with Crippen LogP contribution in [0.15, 0.2) is 30.7 Å². The number of nitrogens with one attached hydrogen (secondary N) is 1. The fourth-order valence-electron chi connectivity index (χ4n) is 3.45. The average molecular weight is 358 g/mol. The fourth-order valence-corrected chi connectivity index (χ4v) is 3.45. The summed E-state index contributed by atoms with van der Waals surface area (Å²) in [5.41, 5.74) is 0.905. The number of ether oxygens (including phenoxy) is 1. The van der Waals surface area contributed by atoms with E-state index in [0.717, 1.165) is 49.9 Å². The van der Waals surface area contributed by atoms with Gasteiger partial charge in [-0.15, -0.1) is 0 Å². The number of halogens is 1. The van der Waals surface area contributed by atoms with E-state index in [9.17, 15) is 4.39 Å². The summed E-state index contributed by atoms with van der Waals surface area (Å²) in [5, 5.41) is 3.51. The Hall–Kier alpha value is -2.32. The number of aromatic nitrogens is 3. The first kappa shape index (κ1) is 17.1. The summed E-state index contributed by atoms with van der Waals surface area (Å²) in [4.78, 5) is 17.4. The van der Waals surface area contributed by atoms with E-state index in [4.69, 9.17) is 4.74 Å². The van der Waals surface area contributed by atoms with Crippen LogP contribution in [0.1, 0.15) is 12.0 Å². The summed E-state index contributed by atoms with van der Waals surface area (Å²) >= 11 is 0. The summed E-state index contributed by atoms with van der Waals surface area (Å²) in [6, 6.07) is 3.78. The molecule has 0 aliphatic carbocycles. The van der Waals surface area contributed by atoms with Gasteiger partial charge in [-0.2, -0.15) is 4.98 Å². The third kappa shape index (κ3) is 4.25. The lowest BCUT2D eigenvalue weighted by Gasteiger charge is -2.27. The first-order chi connectivity index (χ1) is 12.8. The van der Waals surface area contributed by atoms with Crippen LogP contribution in [0, 0.1) is 5.82 Å². The third-order valence-electron chi connectivity index (χ3n) is 4.73. The van der Waals surface area contributed by atoms with Crippen molar-refractivity contribution < 1.29 is 9.13 Å². The average Bonchev–Trinajstić information content (AvgIpc) is 3.09. The van der Waals surface area contributed by atoms with Gasteiger partial charge in [0.1, 0.15) is 11.6 Å². The van der Waals surface area contributed by atoms with E-state index in [1.165, 1.54) is 6.20 Å². The Bertz CT molecular complexity index is 739. The van der Waals surface area contributed by atoms with Crippen molar-refractivity contribution in [1.29, 1.82) is 0 Å². The largest absolute Gasteiger partial charge is 0.378 e. The monoisotopic (exact) mass is 358 g/mol. The van der Waals surface area contributed by atoms with Crippen LogP contribution in [0.3, 0.4) is 0 Å². The van der Waals surface area contributed by atoms with Crippen molar-refractivity contribution in [3.8, 4) is 0 Å². The molecular weight excluding hydrogens is 335 g/mol. The lowest BCUT2D eigenvalue weighted by Crippen LogP contribution is -2.37. The van der Waals surface area contributed by atoms with E-state index < -0.39 is 0 Å². The zero-order valence-electron chi connectivity index (χ0n) is 14.6. The summed E-state index contributed by atoms with van der Waals surface area (Å²) in [5.74, 6) is 1.31. The molecule has 7 nitrogen and oxygen atoms in total. The molecule has 1 N–H and O–H groups in total. The minimum Gasteiger partial charge on any atom is -0.378 e. The Balaban J connectivity index is 1.33. The number of anilines is 2. The van der Waals surface area contributed by atoms with Crippen LogP contribution in [0.2, 0.25) is 0 Å². The van der Waals surface area contributed by atoms with E-state index in [1.807, 2.05) is 6.07 Å². The summed E-state index contributed by atoms with van der Waals surface area (Å²) in [6.07, 6.45) is 5.78. The topological polar surface area (TPSA) is 66.4 Å². The summed E-state index contributed by atoms with van der Waals surface area (Å²) in [7, 11) is 0. The highest BCUT2D eigenvalue weighted by Gasteiger charge is 2.23. The molecule has 0 aromatic carbocycles. The molecule has 138 valence electrons. The van der Waals surface area contributed by atoms with Crippen molar-refractivity contribution in [2.45, 2.75) is 19.0 Å².